The third-order valence-electron chi connectivity index (χ3n) is 4.63. The summed E-state index contributed by atoms with van der Waals surface area (Å²) in [5, 5.41) is 10.9. The fraction of sp³-hybridized carbons (Fsp3) is 0.857. The van der Waals surface area contributed by atoms with E-state index in [-0.39, 0.29) is 5.41 Å². The molecule has 0 aromatic carbocycles. The van der Waals surface area contributed by atoms with Crippen molar-refractivity contribution in [2.24, 2.45) is 17.3 Å². The average molecular weight is 208 g/mol. The topological polar surface area (TPSA) is 20.2 Å². The average Bonchev–Trinajstić information content (AvgIpc) is 2.34. The lowest BCUT2D eigenvalue weighted by atomic mass is 9.72. The maximum atomic E-state index is 10.9. The molecule has 1 heteroatoms. The van der Waals surface area contributed by atoms with Gasteiger partial charge in [-0.15, -0.1) is 0 Å². The van der Waals surface area contributed by atoms with Gasteiger partial charge in [0.05, 0.1) is 5.60 Å². The highest BCUT2D eigenvalue weighted by Crippen LogP contribution is 2.52. The molecule has 0 bridgehead atoms. The Bertz CT molecular complexity index is 290. The van der Waals surface area contributed by atoms with Gasteiger partial charge in [-0.25, -0.2) is 0 Å². The van der Waals surface area contributed by atoms with E-state index >= 15 is 0 Å². The molecule has 0 amide bonds. The first-order valence-electron chi connectivity index (χ1n) is 6.24. The molecule has 2 aliphatic carbocycles. The molecular weight excluding hydrogens is 184 g/mol. The molecule has 1 fully saturated rings. The monoisotopic (exact) mass is 208 g/mol. The molecule has 3 atom stereocenters. The first-order chi connectivity index (χ1) is 6.85. The van der Waals surface area contributed by atoms with E-state index in [1.165, 1.54) is 18.4 Å². The van der Waals surface area contributed by atoms with Gasteiger partial charge in [-0.1, -0.05) is 32.4 Å². The van der Waals surface area contributed by atoms with Crippen LogP contribution in [-0.4, -0.2) is 10.7 Å². The second kappa shape index (κ2) is 3.35. The van der Waals surface area contributed by atoms with Gasteiger partial charge in [0, 0.05) is 5.92 Å². The molecule has 0 aliphatic heterocycles. The largest absolute Gasteiger partial charge is 0.389 e. The Morgan fingerprint density at radius 2 is 2.00 bits per heavy atom. The zero-order valence-corrected chi connectivity index (χ0v) is 10.5. The third kappa shape index (κ3) is 1.75. The Labute approximate surface area is 93.6 Å². The van der Waals surface area contributed by atoms with Crippen molar-refractivity contribution in [3.05, 3.63) is 11.6 Å². The van der Waals surface area contributed by atoms with Gasteiger partial charge in [0.1, 0.15) is 0 Å². The molecule has 1 saturated carbocycles. The van der Waals surface area contributed by atoms with Crippen molar-refractivity contribution >= 4 is 0 Å². The van der Waals surface area contributed by atoms with Crippen molar-refractivity contribution in [2.75, 3.05) is 0 Å². The fourth-order valence-electron chi connectivity index (χ4n) is 3.60. The summed E-state index contributed by atoms with van der Waals surface area (Å²) in [6, 6.07) is 0. The number of hydrogen-bond acceptors (Lipinski definition) is 1. The van der Waals surface area contributed by atoms with Gasteiger partial charge in [-0.3, -0.25) is 0 Å². The molecule has 2 aliphatic rings. The molecule has 1 nitrogen and oxygen atoms in total. The molecule has 0 unspecified atom stereocenters. The van der Waals surface area contributed by atoms with Gasteiger partial charge >= 0.3 is 0 Å². The van der Waals surface area contributed by atoms with E-state index in [4.69, 9.17) is 0 Å². The van der Waals surface area contributed by atoms with Crippen LogP contribution in [0.2, 0.25) is 0 Å². The van der Waals surface area contributed by atoms with Crippen LogP contribution < -0.4 is 0 Å². The van der Waals surface area contributed by atoms with E-state index in [1.54, 1.807) is 0 Å². The Hall–Kier alpha value is -0.300. The van der Waals surface area contributed by atoms with Gasteiger partial charge in [-0.2, -0.15) is 0 Å². The van der Waals surface area contributed by atoms with E-state index in [0.717, 1.165) is 12.8 Å². The maximum Gasteiger partial charge on any atom is 0.0743 e. The van der Waals surface area contributed by atoms with Crippen LogP contribution in [0.1, 0.15) is 53.4 Å². The first-order valence-corrected chi connectivity index (χ1v) is 6.24. The fourth-order valence-corrected chi connectivity index (χ4v) is 3.60. The predicted molar refractivity (Wildman–Crippen MR) is 63.6 cm³/mol. The summed E-state index contributed by atoms with van der Waals surface area (Å²) in [7, 11) is 0. The van der Waals surface area contributed by atoms with Crippen molar-refractivity contribution in [1.82, 2.24) is 0 Å². The number of fused-ring (bicyclic) bond motifs is 1. The summed E-state index contributed by atoms with van der Waals surface area (Å²) in [6.07, 6.45) is 6.79. The highest BCUT2D eigenvalue weighted by Gasteiger charge is 2.50. The minimum absolute atomic E-state index is 0.253. The van der Waals surface area contributed by atoms with Gasteiger partial charge < -0.3 is 5.11 Å². The molecule has 0 spiro atoms. The van der Waals surface area contributed by atoms with Gasteiger partial charge in [0.15, 0.2) is 0 Å². The quantitative estimate of drug-likeness (QED) is 0.604. The van der Waals surface area contributed by atoms with Crippen molar-refractivity contribution in [1.29, 1.82) is 0 Å². The molecule has 86 valence electrons. The van der Waals surface area contributed by atoms with E-state index in [1.807, 2.05) is 0 Å². The van der Waals surface area contributed by atoms with Crippen LogP contribution in [0.5, 0.6) is 0 Å². The minimum atomic E-state index is -0.430. The molecule has 15 heavy (non-hydrogen) atoms. The van der Waals surface area contributed by atoms with E-state index < -0.39 is 5.60 Å². The molecule has 0 radical (unpaired) electrons. The Morgan fingerprint density at radius 1 is 1.33 bits per heavy atom. The number of hydrogen-bond donors (Lipinski definition) is 1. The second-order valence-corrected chi connectivity index (χ2v) is 6.52. The highest BCUT2D eigenvalue weighted by atomic mass is 16.3. The van der Waals surface area contributed by atoms with Gasteiger partial charge in [-0.05, 0) is 43.9 Å². The van der Waals surface area contributed by atoms with Gasteiger partial charge in [0.2, 0.25) is 0 Å². The number of rotatable bonds is 0. The lowest BCUT2D eigenvalue weighted by Gasteiger charge is -2.38. The van der Waals surface area contributed by atoms with Crippen molar-refractivity contribution < 1.29 is 5.11 Å². The maximum absolute atomic E-state index is 10.9. The molecule has 0 saturated heterocycles. The molecule has 0 aromatic rings. The van der Waals surface area contributed by atoms with Crippen LogP contribution in [0, 0.1) is 17.3 Å². The Kier molecular flexibility index (Phi) is 2.50. The number of allylic oxidation sites excluding steroid dienone is 1. The van der Waals surface area contributed by atoms with Crippen molar-refractivity contribution in [2.45, 2.75) is 59.0 Å². The molecule has 0 aromatic heterocycles. The summed E-state index contributed by atoms with van der Waals surface area (Å²) in [6.45, 7) is 8.98. The normalized spacial score (nSPS) is 44.5. The SMILES string of the molecule is CC1=CCC(C)(C)C[C@@]2(O)[C@@H](C)CC[C@@H]12. The van der Waals surface area contributed by atoms with E-state index in [0.29, 0.717) is 11.8 Å². The highest BCUT2D eigenvalue weighted by molar-refractivity contribution is 5.18. The minimum Gasteiger partial charge on any atom is -0.389 e. The zero-order valence-electron chi connectivity index (χ0n) is 10.5. The zero-order chi connectivity index (χ0) is 11.3. The standard InChI is InChI=1S/C14H24O/c1-10-7-8-13(3,4)9-14(15)11(2)5-6-12(10)14/h7,11-12,15H,5-6,8-9H2,1-4H3/t11-,12-,14+/m0/s1. The Balaban J connectivity index is 2.38. The molecule has 1 N–H and O–H groups in total. The second-order valence-electron chi connectivity index (χ2n) is 6.52. The summed E-state index contributed by atoms with van der Waals surface area (Å²) in [5.74, 6) is 0.887. The van der Waals surface area contributed by atoms with Crippen LogP contribution in [0.4, 0.5) is 0 Å². The van der Waals surface area contributed by atoms with Crippen LogP contribution >= 0.6 is 0 Å². The van der Waals surface area contributed by atoms with Crippen LogP contribution in [0.25, 0.3) is 0 Å². The van der Waals surface area contributed by atoms with Gasteiger partial charge in [0.25, 0.3) is 0 Å². The predicted octanol–water partition coefficient (Wildman–Crippen LogP) is 3.53. The summed E-state index contributed by atoms with van der Waals surface area (Å²) in [4.78, 5) is 0. The summed E-state index contributed by atoms with van der Waals surface area (Å²) in [5.41, 5.74) is 1.25. The number of aliphatic hydroxyl groups is 1. The molecule has 2 rings (SSSR count). The van der Waals surface area contributed by atoms with Crippen LogP contribution in [-0.2, 0) is 0 Å². The third-order valence-corrected chi connectivity index (χ3v) is 4.63. The van der Waals surface area contributed by atoms with Crippen molar-refractivity contribution in [3.63, 3.8) is 0 Å². The smallest absolute Gasteiger partial charge is 0.0743 e. The van der Waals surface area contributed by atoms with Crippen molar-refractivity contribution in [3.8, 4) is 0 Å². The summed E-state index contributed by atoms with van der Waals surface area (Å²) < 4.78 is 0. The lowest BCUT2D eigenvalue weighted by molar-refractivity contribution is -0.0503. The Morgan fingerprint density at radius 3 is 2.67 bits per heavy atom. The summed E-state index contributed by atoms with van der Waals surface area (Å²) >= 11 is 0. The molecular formula is C14H24O. The van der Waals surface area contributed by atoms with E-state index in [2.05, 4.69) is 33.8 Å². The molecule has 0 heterocycles. The van der Waals surface area contributed by atoms with E-state index in [9.17, 15) is 5.11 Å². The van der Waals surface area contributed by atoms with Crippen LogP contribution in [0.3, 0.4) is 0 Å². The lowest BCUT2D eigenvalue weighted by Crippen LogP contribution is -2.41. The van der Waals surface area contributed by atoms with Crippen LogP contribution in [0.15, 0.2) is 11.6 Å². The first kappa shape index (κ1) is 11.2.